The highest BCUT2D eigenvalue weighted by Gasteiger charge is 2.35. The van der Waals surface area contributed by atoms with E-state index in [9.17, 15) is 0 Å². The molecule has 4 heteroatoms. The van der Waals surface area contributed by atoms with Crippen LogP contribution in [0, 0.1) is 6.92 Å². The zero-order valence-electron chi connectivity index (χ0n) is 10.6. The number of pyridine rings is 1. The minimum absolute atomic E-state index is 0.608. The van der Waals surface area contributed by atoms with E-state index < -0.39 is 0 Å². The molecule has 94 valence electrons. The Balaban J connectivity index is 1.80. The van der Waals surface area contributed by atoms with Gasteiger partial charge < -0.3 is 9.88 Å². The molecule has 4 rings (SSSR count). The highest BCUT2D eigenvalue weighted by molar-refractivity contribution is 5.74. The topological polar surface area (TPSA) is 42.7 Å². The molecule has 0 amide bonds. The molecule has 3 atom stereocenters. The average Bonchev–Trinajstić information content (AvgIpc) is 2.88. The van der Waals surface area contributed by atoms with Gasteiger partial charge in [-0.3, -0.25) is 4.98 Å². The van der Waals surface area contributed by atoms with E-state index in [1.807, 2.05) is 12.4 Å². The van der Waals surface area contributed by atoms with E-state index in [0.29, 0.717) is 18.1 Å². The Bertz CT molecular complexity index is 576. The summed E-state index contributed by atoms with van der Waals surface area (Å²) in [5.41, 5.74) is 2.27. The van der Waals surface area contributed by atoms with E-state index >= 15 is 0 Å². The summed E-state index contributed by atoms with van der Waals surface area (Å²) in [6.07, 6.45) is 8.91. The molecule has 1 unspecified atom stereocenters. The van der Waals surface area contributed by atoms with Crippen molar-refractivity contribution in [2.45, 2.75) is 50.7 Å². The second-order valence-corrected chi connectivity index (χ2v) is 5.66. The van der Waals surface area contributed by atoms with Crippen LogP contribution in [0.1, 0.15) is 37.5 Å². The van der Waals surface area contributed by atoms with Crippen LogP contribution < -0.4 is 5.32 Å². The number of piperidine rings is 1. The summed E-state index contributed by atoms with van der Waals surface area (Å²) in [6, 6.07) is 4.13. The Morgan fingerprint density at radius 1 is 1.28 bits per heavy atom. The van der Waals surface area contributed by atoms with Crippen LogP contribution in [-0.4, -0.2) is 26.6 Å². The molecule has 0 aliphatic carbocycles. The number of hydrogen-bond donors (Lipinski definition) is 1. The van der Waals surface area contributed by atoms with Crippen molar-refractivity contribution in [3.8, 4) is 0 Å². The van der Waals surface area contributed by atoms with Crippen LogP contribution in [0.4, 0.5) is 0 Å². The number of nitrogens with one attached hydrogen (secondary N) is 1. The van der Waals surface area contributed by atoms with Crippen molar-refractivity contribution < 1.29 is 0 Å². The summed E-state index contributed by atoms with van der Waals surface area (Å²) in [4.78, 5) is 8.81. The molecule has 0 aromatic carbocycles. The van der Waals surface area contributed by atoms with E-state index in [2.05, 4.69) is 32.8 Å². The lowest BCUT2D eigenvalue weighted by Gasteiger charge is -2.31. The molecule has 2 aliphatic heterocycles. The predicted octanol–water partition coefficient (Wildman–Crippen LogP) is 2.20. The van der Waals surface area contributed by atoms with Crippen molar-refractivity contribution in [2.24, 2.45) is 0 Å². The summed E-state index contributed by atoms with van der Waals surface area (Å²) >= 11 is 0. The van der Waals surface area contributed by atoms with Gasteiger partial charge in [-0.15, -0.1) is 0 Å². The second-order valence-electron chi connectivity index (χ2n) is 5.66. The highest BCUT2D eigenvalue weighted by Crippen LogP contribution is 2.36. The molecule has 18 heavy (non-hydrogen) atoms. The van der Waals surface area contributed by atoms with Crippen molar-refractivity contribution in [1.82, 2.24) is 19.9 Å². The fourth-order valence-electron chi connectivity index (χ4n) is 3.77. The van der Waals surface area contributed by atoms with Crippen molar-refractivity contribution in [3.05, 3.63) is 24.3 Å². The van der Waals surface area contributed by atoms with Gasteiger partial charge >= 0.3 is 0 Å². The average molecular weight is 242 g/mol. The van der Waals surface area contributed by atoms with Crippen LogP contribution in [-0.2, 0) is 0 Å². The molecule has 0 radical (unpaired) electrons. The molecule has 2 bridgehead atoms. The maximum absolute atomic E-state index is 4.64. The number of rotatable bonds is 1. The molecule has 4 heterocycles. The smallest absolute Gasteiger partial charge is 0.107 e. The first-order valence-electron chi connectivity index (χ1n) is 6.86. The van der Waals surface area contributed by atoms with Crippen molar-refractivity contribution in [2.75, 3.05) is 0 Å². The van der Waals surface area contributed by atoms with Crippen molar-refractivity contribution in [1.29, 1.82) is 0 Å². The van der Waals surface area contributed by atoms with Crippen LogP contribution >= 0.6 is 0 Å². The third-order valence-electron chi connectivity index (χ3n) is 4.48. The quantitative estimate of drug-likeness (QED) is 0.833. The maximum Gasteiger partial charge on any atom is 0.107 e. The van der Waals surface area contributed by atoms with Crippen molar-refractivity contribution in [3.63, 3.8) is 0 Å². The Morgan fingerprint density at radius 2 is 2.06 bits per heavy atom. The Hall–Kier alpha value is -1.42. The summed E-state index contributed by atoms with van der Waals surface area (Å²) in [6.45, 7) is 2.12. The number of imidazole rings is 1. The summed E-state index contributed by atoms with van der Waals surface area (Å²) in [7, 11) is 0. The Morgan fingerprint density at radius 3 is 2.83 bits per heavy atom. The van der Waals surface area contributed by atoms with Gasteiger partial charge in [-0.2, -0.15) is 0 Å². The SMILES string of the molecule is Cc1nc2cnccc2n1C1C[C@H]2CC[C@@H](C1)N2. The minimum Gasteiger partial charge on any atom is -0.325 e. The zero-order chi connectivity index (χ0) is 12.1. The molecule has 0 spiro atoms. The highest BCUT2D eigenvalue weighted by atomic mass is 15.1. The Labute approximate surface area is 106 Å². The number of hydrogen-bond acceptors (Lipinski definition) is 3. The van der Waals surface area contributed by atoms with Crippen LogP contribution in [0.15, 0.2) is 18.5 Å². The lowest BCUT2D eigenvalue weighted by Crippen LogP contribution is -2.39. The summed E-state index contributed by atoms with van der Waals surface area (Å²) in [5, 5.41) is 3.70. The third-order valence-corrected chi connectivity index (χ3v) is 4.48. The molecular weight excluding hydrogens is 224 g/mol. The number of fused-ring (bicyclic) bond motifs is 3. The molecule has 0 saturated carbocycles. The second kappa shape index (κ2) is 3.79. The van der Waals surface area contributed by atoms with Gasteiger partial charge in [0.25, 0.3) is 0 Å². The maximum atomic E-state index is 4.64. The summed E-state index contributed by atoms with van der Waals surface area (Å²) < 4.78 is 2.43. The van der Waals surface area contributed by atoms with Crippen LogP contribution in [0.2, 0.25) is 0 Å². The van der Waals surface area contributed by atoms with Gasteiger partial charge in [-0.25, -0.2) is 4.98 Å². The van der Waals surface area contributed by atoms with Crippen LogP contribution in [0.5, 0.6) is 0 Å². The molecule has 2 aliphatic rings. The number of aryl methyl sites for hydroxylation is 1. The van der Waals surface area contributed by atoms with Gasteiger partial charge in [0, 0.05) is 24.3 Å². The third kappa shape index (κ3) is 1.48. The first-order chi connectivity index (χ1) is 8.81. The van der Waals surface area contributed by atoms with E-state index in [-0.39, 0.29) is 0 Å². The van der Waals surface area contributed by atoms with Crippen LogP contribution in [0.25, 0.3) is 11.0 Å². The van der Waals surface area contributed by atoms with E-state index in [0.717, 1.165) is 11.3 Å². The number of aromatic nitrogens is 3. The predicted molar refractivity (Wildman–Crippen MR) is 70.5 cm³/mol. The lowest BCUT2D eigenvalue weighted by molar-refractivity contribution is 0.300. The largest absolute Gasteiger partial charge is 0.325 e. The van der Waals surface area contributed by atoms with E-state index in [1.165, 1.54) is 31.2 Å². The minimum atomic E-state index is 0.608. The van der Waals surface area contributed by atoms with Gasteiger partial charge in [0.1, 0.15) is 11.3 Å². The fraction of sp³-hybridized carbons (Fsp3) is 0.571. The molecule has 2 aromatic heterocycles. The molecule has 4 nitrogen and oxygen atoms in total. The van der Waals surface area contributed by atoms with E-state index in [1.54, 1.807) is 0 Å². The molecular formula is C14H18N4. The monoisotopic (exact) mass is 242 g/mol. The Kier molecular flexibility index (Phi) is 2.21. The standard InChI is InChI=1S/C14H18N4/c1-9-16-13-8-15-5-4-14(13)18(9)12-6-10-2-3-11(7-12)17-10/h4-5,8,10-12,17H,2-3,6-7H2,1H3/t10-,11+,12?. The van der Waals surface area contributed by atoms with Gasteiger partial charge in [-0.05, 0) is 38.7 Å². The van der Waals surface area contributed by atoms with Gasteiger partial charge in [0.2, 0.25) is 0 Å². The van der Waals surface area contributed by atoms with E-state index in [4.69, 9.17) is 0 Å². The first kappa shape index (κ1) is 10.5. The van der Waals surface area contributed by atoms with Gasteiger partial charge in [0.05, 0.1) is 11.7 Å². The lowest BCUT2D eigenvalue weighted by atomic mass is 9.99. The molecule has 2 saturated heterocycles. The van der Waals surface area contributed by atoms with Gasteiger partial charge in [0.15, 0.2) is 0 Å². The zero-order valence-corrected chi connectivity index (χ0v) is 10.6. The summed E-state index contributed by atoms with van der Waals surface area (Å²) in [5.74, 6) is 1.13. The first-order valence-corrected chi connectivity index (χ1v) is 6.86. The molecule has 2 aromatic rings. The fourth-order valence-corrected chi connectivity index (χ4v) is 3.77. The normalized spacial score (nSPS) is 31.1. The van der Waals surface area contributed by atoms with Crippen molar-refractivity contribution >= 4 is 11.0 Å². The van der Waals surface area contributed by atoms with Gasteiger partial charge in [-0.1, -0.05) is 0 Å². The van der Waals surface area contributed by atoms with Crippen LogP contribution in [0.3, 0.4) is 0 Å². The molecule has 2 fully saturated rings. The molecule has 1 N–H and O–H groups in total. The number of nitrogens with zero attached hydrogens (tertiary/aromatic N) is 3.